The number of fused-ring (bicyclic) bond motifs is 1. The first-order valence-corrected chi connectivity index (χ1v) is 7.72. The van der Waals surface area contributed by atoms with Crippen molar-refractivity contribution >= 4 is 34.6 Å². The highest BCUT2D eigenvalue weighted by Crippen LogP contribution is 2.33. The molecule has 0 amide bonds. The molecule has 4 rings (SSSR count). The van der Waals surface area contributed by atoms with Crippen LogP contribution in [0.15, 0.2) is 46.8 Å². The second-order valence-electron chi connectivity index (χ2n) is 4.72. The van der Waals surface area contributed by atoms with Gasteiger partial charge in [0.05, 0.1) is 11.8 Å². The van der Waals surface area contributed by atoms with Crippen molar-refractivity contribution < 1.29 is 0 Å². The Labute approximate surface area is 129 Å². The summed E-state index contributed by atoms with van der Waals surface area (Å²) in [4.78, 5) is 5.80. The zero-order valence-corrected chi connectivity index (χ0v) is 12.4. The van der Waals surface area contributed by atoms with Gasteiger partial charge in [-0.1, -0.05) is 34.9 Å². The van der Waals surface area contributed by atoms with Gasteiger partial charge < -0.3 is 0 Å². The summed E-state index contributed by atoms with van der Waals surface area (Å²) in [5.74, 6) is 0.546. The molecule has 3 aromatic rings. The Hall–Kier alpha value is -2.05. The summed E-state index contributed by atoms with van der Waals surface area (Å²) in [6.07, 6.45) is 0.764. The van der Waals surface area contributed by atoms with Crippen LogP contribution in [0.1, 0.15) is 22.9 Å². The molecule has 1 aliphatic heterocycles. The maximum atomic E-state index is 5.95. The lowest BCUT2D eigenvalue weighted by molar-refractivity contribution is 0.522. The Kier molecular flexibility index (Phi) is 3.05. The number of thiophene rings is 1. The Morgan fingerprint density at radius 3 is 2.81 bits per heavy atom. The van der Waals surface area contributed by atoms with E-state index < -0.39 is 0 Å². The molecule has 0 saturated heterocycles. The lowest BCUT2D eigenvalue weighted by Crippen LogP contribution is -2.20. The lowest BCUT2D eigenvalue weighted by Gasteiger charge is -2.21. The molecule has 21 heavy (non-hydrogen) atoms. The number of aromatic nitrogens is 4. The third kappa shape index (κ3) is 2.26. The Morgan fingerprint density at radius 1 is 1.19 bits per heavy atom. The van der Waals surface area contributed by atoms with Crippen molar-refractivity contribution in [2.45, 2.75) is 12.5 Å². The molecule has 0 fully saturated rings. The molecule has 0 N–H and O–H groups in total. The Morgan fingerprint density at radius 2 is 2.05 bits per heavy atom. The van der Waals surface area contributed by atoms with Gasteiger partial charge >= 0.3 is 0 Å². The van der Waals surface area contributed by atoms with E-state index in [1.165, 1.54) is 4.88 Å². The van der Waals surface area contributed by atoms with Crippen molar-refractivity contribution in [3.8, 4) is 0 Å². The zero-order valence-electron chi connectivity index (χ0n) is 10.8. The smallest absolute Gasteiger partial charge is 0.214 e. The van der Waals surface area contributed by atoms with Crippen molar-refractivity contribution in [1.82, 2.24) is 20.2 Å². The second-order valence-corrected chi connectivity index (χ2v) is 6.14. The Balaban J connectivity index is 1.79. The first kappa shape index (κ1) is 12.7. The highest BCUT2D eigenvalue weighted by atomic mass is 35.5. The van der Waals surface area contributed by atoms with Crippen LogP contribution < -0.4 is 0 Å². The molecule has 1 aromatic carbocycles. The fraction of sp³-hybridized carbons (Fsp3) is 0.143. The van der Waals surface area contributed by atoms with Crippen LogP contribution in [0.4, 0.5) is 5.95 Å². The molecular formula is C14H10ClN5S. The number of rotatable bonds is 2. The molecule has 3 heterocycles. The number of halogens is 1. The van der Waals surface area contributed by atoms with Gasteiger partial charge in [0.15, 0.2) is 0 Å². The van der Waals surface area contributed by atoms with Crippen LogP contribution in [0.2, 0.25) is 5.02 Å². The predicted octanol–water partition coefficient (Wildman–Crippen LogP) is 3.50. The molecule has 7 heteroatoms. The molecule has 0 bridgehead atoms. The molecule has 0 radical (unpaired) electrons. The summed E-state index contributed by atoms with van der Waals surface area (Å²) in [6.45, 7) is 0. The van der Waals surface area contributed by atoms with Crippen LogP contribution in [0, 0.1) is 0 Å². The minimum atomic E-state index is 0.0955. The molecule has 1 atom stereocenters. The highest BCUT2D eigenvalue weighted by molar-refractivity contribution is 7.10. The molecule has 0 spiro atoms. The standard InChI is InChI=1S/C14H10ClN5S/c15-10-5-3-9(4-6-10)11-8-12(13-2-1-7-21-13)20-14(16-11)17-18-19-20/h1-7,12H,8H2. The average molecular weight is 316 g/mol. The van der Waals surface area contributed by atoms with Crippen LogP contribution in [-0.2, 0) is 0 Å². The summed E-state index contributed by atoms with van der Waals surface area (Å²) in [7, 11) is 0. The molecule has 2 aromatic heterocycles. The number of tetrazole rings is 1. The van der Waals surface area contributed by atoms with Crippen molar-refractivity contribution in [2.75, 3.05) is 0 Å². The number of hydrogen-bond acceptors (Lipinski definition) is 5. The monoisotopic (exact) mass is 315 g/mol. The van der Waals surface area contributed by atoms with Gasteiger partial charge in [0, 0.05) is 16.3 Å². The van der Waals surface area contributed by atoms with Gasteiger partial charge in [-0.15, -0.1) is 11.3 Å². The minimum absolute atomic E-state index is 0.0955. The van der Waals surface area contributed by atoms with Crippen molar-refractivity contribution in [1.29, 1.82) is 0 Å². The molecule has 0 saturated carbocycles. The molecule has 0 aliphatic carbocycles. The van der Waals surface area contributed by atoms with E-state index >= 15 is 0 Å². The van der Waals surface area contributed by atoms with E-state index in [-0.39, 0.29) is 6.04 Å². The molecule has 1 unspecified atom stereocenters. The lowest BCUT2D eigenvalue weighted by atomic mass is 10.0. The number of aliphatic imine (C=N–C) groups is 1. The fourth-order valence-corrected chi connectivity index (χ4v) is 3.36. The fourth-order valence-electron chi connectivity index (χ4n) is 2.43. The SMILES string of the molecule is Clc1ccc(C2=Nc3nnnn3C(c3cccs3)C2)cc1. The maximum Gasteiger partial charge on any atom is 0.269 e. The van der Waals surface area contributed by atoms with Gasteiger partial charge in [0.25, 0.3) is 5.95 Å². The first-order chi connectivity index (χ1) is 10.3. The van der Waals surface area contributed by atoms with Crippen molar-refractivity contribution in [3.63, 3.8) is 0 Å². The van der Waals surface area contributed by atoms with Crippen LogP contribution in [-0.4, -0.2) is 25.9 Å². The second kappa shape index (κ2) is 5.05. The Bertz CT molecular complexity index is 791. The minimum Gasteiger partial charge on any atom is -0.214 e. The van der Waals surface area contributed by atoms with Crippen LogP contribution >= 0.6 is 22.9 Å². The van der Waals surface area contributed by atoms with Crippen LogP contribution in [0.25, 0.3) is 0 Å². The first-order valence-electron chi connectivity index (χ1n) is 6.46. The van der Waals surface area contributed by atoms with Gasteiger partial charge in [0.1, 0.15) is 0 Å². The van der Waals surface area contributed by atoms with Gasteiger partial charge in [-0.05, 0) is 39.6 Å². The predicted molar refractivity (Wildman–Crippen MR) is 82.5 cm³/mol. The van der Waals surface area contributed by atoms with Gasteiger partial charge in [-0.3, -0.25) is 0 Å². The average Bonchev–Trinajstić information content (AvgIpc) is 3.18. The summed E-state index contributed by atoms with van der Waals surface area (Å²) in [5, 5.41) is 14.6. The molecule has 104 valence electrons. The summed E-state index contributed by atoms with van der Waals surface area (Å²) in [6, 6.07) is 11.9. The van der Waals surface area contributed by atoms with Gasteiger partial charge in [-0.2, -0.15) is 0 Å². The van der Waals surface area contributed by atoms with E-state index in [1.54, 1.807) is 16.0 Å². The van der Waals surface area contributed by atoms with E-state index in [0.29, 0.717) is 5.95 Å². The zero-order chi connectivity index (χ0) is 14.2. The summed E-state index contributed by atoms with van der Waals surface area (Å²) in [5.41, 5.74) is 2.03. The van der Waals surface area contributed by atoms with Gasteiger partial charge in [-0.25, -0.2) is 9.67 Å². The van der Waals surface area contributed by atoms with Crippen LogP contribution in [0.5, 0.6) is 0 Å². The number of hydrogen-bond donors (Lipinski definition) is 0. The number of benzene rings is 1. The van der Waals surface area contributed by atoms with E-state index in [4.69, 9.17) is 11.6 Å². The summed E-state index contributed by atoms with van der Waals surface area (Å²) >= 11 is 7.65. The van der Waals surface area contributed by atoms with Crippen molar-refractivity contribution in [3.05, 3.63) is 57.2 Å². The van der Waals surface area contributed by atoms with Crippen LogP contribution in [0.3, 0.4) is 0 Å². The van der Waals surface area contributed by atoms with E-state index in [1.807, 2.05) is 30.3 Å². The molecule has 5 nitrogen and oxygen atoms in total. The topological polar surface area (TPSA) is 56.0 Å². The quantitative estimate of drug-likeness (QED) is 0.727. The summed E-state index contributed by atoms with van der Waals surface area (Å²) < 4.78 is 1.78. The largest absolute Gasteiger partial charge is 0.269 e. The molecule has 1 aliphatic rings. The van der Waals surface area contributed by atoms with Crippen molar-refractivity contribution in [2.24, 2.45) is 4.99 Å². The normalized spacial score (nSPS) is 17.4. The third-order valence-electron chi connectivity index (χ3n) is 3.44. The maximum absolute atomic E-state index is 5.95. The van der Waals surface area contributed by atoms with E-state index in [2.05, 4.69) is 32.0 Å². The third-order valence-corrected chi connectivity index (χ3v) is 4.67. The van der Waals surface area contributed by atoms with Gasteiger partial charge in [0.2, 0.25) is 0 Å². The van der Waals surface area contributed by atoms with E-state index in [0.717, 1.165) is 22.7 Å². The highest BCUT2D eigenvalue weighted by Gasteiger charge is 2.27. The molecular weight excluding hydrogens is 306 g/mol. The number of nitrogens with zero attached hydrogens (tertiary/aromatic N) is 5. The van der Waals surface area contributed by atoms with E-state index in [9.17, 15) is 0 Å².